The van der Waals surface area contributed by atoms with Crippen LogP contribution in [0.2, 0.25) is 0 Å². The predicted octanol–water partition coefficient (Wildman–Crippen LogP) is 13.7. The molecule has 0 atom stereocenters. The van der Waals surface area contributed by atoms with Gasteiger partial charge in [0.2, 0.25) is 11.4 Å². The number of fused-ring (bicyclic) bond motifs is 16. The number of hydrogen-bond donors (Lipinski definition) is 0. The highest BCUT2D eigenvalue weighted by Gasteiger charge is 2.29. The van der Waals surface area contributed by atoms with E-state index in [9.17, 15) is 0 Å². The van der Waals surface area contributed by atoms with E-state index in [2.05, 4.69) is 222 Å². The molecule has 1 aliphatic heterocycles. The van der Waals surface area contributed by atoms with Crippen LogP contribution in [0.25, 0.3) is 83.7 Å². The van der Waals surface area contributed by atoms with Gasteiger partial charge in [-0.2, -0.15) is 4.57 Å². The Balaban J connectivity index is 1.16. The van der Waals surface area contributed by atoms with Gasteiger partial charge in [0.1, 0.15) is 0 Å². The van der Waals surface area contributed by atoms with Crippen molar-refractivity contribution in [3.63, 3.8) is 0 Å². The summed E-state index contributed by atoms with van der Waals surface area (Å²) < 4.78 is 2.35. The fourth-order valence-corrected chi connectivity index (χ4v) is 8.87. The highest BCUT2D eigenvalue weighted by Crippen LogP contribution is 2.50. The first-order valence-electron chi connectivity index (χ1n) is 18.9. The monoisotopic (exact) mass is 699 g/mol. The van der Waals surface area contributed by atoms with Crippen molar-refractivity contribution >= 4 is 17.1 Å². The number of para-hydroxylation sites is 2. The number of nitrogens with zero attached hydrogens (tertiary/aromatic N) is 2. The summed E-state index contributed by atoms with van der Waals surface area (Å²) in [4.78, 5) is 2.41. The number of aromatic nitrogens is 1. The number of anilines is 3. The van der Waals surface area contributed by atoms with Crippen molar-refractivity contribution in [3.05, 3.63) is 212 Å². The van der Waals surface area contributed by atoms with Crippen LogP contribution in [0.3, 0.4) is 0 Å². The third-order valence-electron chi connectivity index (χ3n) is 11.3. The molecule has 11 rings (SSSR count). The molecule has 0 amide bonds. The van der Waals surface area contributed by atoms with Gasteiger partial charge in [-0.05, 0) is 110 Å². The number of benzene rings is 8. The molecule has 2 nitrogen and oxygen atoms in total. The van der Waals surface area contributed by atoms with Crippen molar-refractivity contribution in [1.29, 1.82) is 0 Å². The molecule has 2 aliphatic rings. The molecule has 1 aromatic heterocycles. The third kappa shape index (κ3) is 5.00. The Bertz CT molecular complexity index is 2750. The van der Waals surface area contributed by atoms with Gasteiger partial charge in [-0.1, -0.05) is 140 Å². The zero-order valence-electron chi connectivity index (χ0n) is 30.1. The second-order valence-electron chi connectivity index (χ2n) is 14.3. The van der Waals surface area contributed by atoms with E-state index in [0.29, 0.717) is 0 Å². The quantitative estimate of drug-likeness (QED) is 0.167. The third-order valence-corrected chi connectivity index (χ3v) is 11.3. The summed E-state index contributed by atoms with van der Waals surface area (Å²) in [5, 5.41) is 0. The van der Waals surface area contributed by atoms with Gasteiger partial charge in [-0.3, -0.25) is 0 Å². The minimum atomic E-state index is 1.09. The molecular weight excluding hydrogens is 665 g/mol. The van der Waals surface area contributed by atoms with Gasteiger partial charge in [0.05, 0.1) is 11.1 Å². The van der Waals surface area contributed by atoms with Gasteiger partial charge in [0.15, 0.2) is 6.20 Å². The summed E-state index contributed by atoms with van der Waals surface area (Å²) in [6.07, 6.45) is 2.19. The molecule has 0 spiro atoms. The fourth-order valence-electron chi connectivity index (χ4n) is 8.87. The first-order chi connectivity index (χ1) is 27.3. The molecule has 256 valence electrons. The van der Waals surface area contributed by atoms with Gasteiger partial charge < -0.3 is 4.90 Å². The Morgan fingerprint density at radius 3 is 1.18 bits per heavy atom. The largest absolute Gasteiger partial charge is 0.310 e. The van der Waals surface area contributed by atoms with Gasteiger partial charge in [0.25, 0.3) is 0 Å². The van der Waals surface area contributed by atoms with E-state index in [-0.39, 0.29) is 0 Å². The first kappa shape index (κ1) is 31.3. The fraction of sp³-hybridized carbons (Fsp3) is 0. The van der Waals surface area contributed by atoms with E-state index in [1.807, 2.05) is 0 Å². The van der Waals surface area contributed by atoms with Crippen molar-refractivity contribution in [2.45, 2.75) is 0 Å². The van der Waals surface area contributed by atoms with Crippen molar-refractivity contribution in [1.82, 2.24) is 0 Å². The Hall–Kier alpha value is -7.29. The number of hydrogen-bond acceptors (Lipinski definition) is 1. The van der Waals surface area contributed by atoms with Crippen LogP contribution in [0, 0.1) is 0 Å². The first-order valence-corrected chi connectivity index (χ1v) is 18.9. The molecule has 8 aromatic carbocycles. The molecule has 1 aliphatic carbocycles. The summed E-state index contributed by atoms with van der Waals surface area (Å²) in [5.74, 6) is 0. The minimum absolute atomic E-state index is 1.09. The van der Waals surface area contributed by atoms with Crippen LogP contribution < -0.4 is 9.47 Å². The van der Waals surface area contributed by atoms with Gasteiger partial charge in [0, 0.05) is 35.3 Å². The zero-order chi connectivity index (χ0) is 36.3. The molecule has 0 bridgehead atoms. The van der Waals surface area contributed by atoms with Gasteiger partial charge in [-0.15, -0.1) is 0 Å². The molecule has 0 unspecified atom stereocenters. The maximum Gasteiger partial charge on any atom is 0.219 e. The average Bonchev–Trinajstić information content (AvgIpc) is 3.26. The summed E-state index contributed by atoms with van der Waals surface area (Å²) in [6.45, 7) is 0. The van der Waals surface area contributed by atoms with Crippen LogP contribution in [0.5, 0.6) is 0 Å². The Kier molecular flexibility index (Phi) is 7.21. The maximum atomic E-state index is 2.41. The van der Waals surface area contributed by atoms with Crippen molar-refractivity contribution in [3.8, 4) is 83.7 Å². The summed E-state index contributed by atoms with van der Waals surface area (Å²) in [5.41, 5.74) is 21.6. The van der Waals surface area contributed by atoms with E-state index < -0.39 is 0 Å². The average molecular weight is 700 g/mol. The number of pyridine rings is 1. The van der Waals surface area contributed by atoms with Gasteiger partial charge >= 0.3 is 0 Å². The lowest BCUT2D eigenvalue weighted by atomic mass is 9.81. The highest BCUT2D eigenvalue weighted by atomic mass is 15.1. The van der Waals surface area contributed by atoms with Crippen molar-refractivity contribution < 1.29 is 4.57 Å². The second kappa shape index (κ2) is 12.7. The van der Waals surface area contributed by atoms with E-state index in [4.69, 9.17) is 0 Å². The van der Waals surface area contributed by atoms with Crippen molar-refractivity contribution in [2.75, 3.05) is 4.90 Å². The molecule has 2 heteroatoms. The molecule has 0 saturated carbocycles. The predicted molar refractivity (Wildman–Crippen MR) is 228 cm³/mol. The number of rotatable bonds is 3. The summed E-state index contributed by atoms with van der Waals surface area (Å²) in [7, 11) is 0. The summed E-state index contributed by atoms with van der Waals surface area (Å²) >= 11 is 0. The lowest BCUT2D eigenvalue weighted by Gasteiger charge is -2.29. The molecule has 0 fully saturated rings. The molecule has 0 radical (unpaired) electrons. The van der Waals surface area contributed by atoms with E-state index in [1.165, 1.54) is 78.0 Å². The van der Waals surface area contributed by atoms with Crippen molar-refractivity contribution in [2.24, 2.45) is 0 Å². The Labute approximate surface area is 321 Å². The topological polar surface area (TPSA) is 7.12 Å². The van der Waals surface area contributed by atoms with Gasteiger partial charge in [-0.25, -0.2) is 0 Å². The second-order valence-corrected chi connectivity index (χ2v) is 14.3. The molecule has 2 heterocycles. The zero-order valence-corrected chi connectivity index (χ0v) is 30.1. The van der Waals surface area contributed by atoms with Crippen LogP contribution in [0.1, 0.15) is 0 Å². The molecule has 9 aromatic rings. The normalized spacial score (nSPS) is 11.6. The van der Waals surface area contributed by atoms with E-state index >= 15 is 0 Å². The standard InChI is InChI=1S/C53H35N2/c1-2-16-36(17-3-1)55(37-29-31-47-43-22-7-6-20-41(43)39-18-4-5-19-40(39)42-21-9-11-25-46(42)50(47)34-37)38-30-32-48-44-23-8-10-24-45(44)49-26-12-13-27-52(49)54-33-15-14-28-53(54)51(48)35-38/h1-35H/q+1. The lowest BCUT2D eigenvalue weighted by Crippen LogP contribution is -2.34. The molecule has 0 saturated heterocycles. The molecule has 0 N–H and O–H groups in total. The van der Waals surface area contributed by atoms with Crippen LogP contribution in [-0.2, 0) is 0 Å². The van der Waals surface area contributed by atoms with Crippen LogP contribution in [0.15, 0.2) is 212 Å². The Morgan fingerprint density at radius 2 is 0.636 bits per heavy atom. The molecular formula is C53H35N2+. The lowest BCUT2D eigenvalue weighted by molar-refractivity contribution is -0.583. The van der Waals surface area contributed by atoms with Crippen LogP contribution >= 0.6 is 0 Å². The molecule has 55 heavy (non-hydrogen) atoms. The van der Waals surface area contributed by atoms with E-state index in [0.717, 1.165) is 22.8 Å². The highest BCUT2D eigenvalue weighted by molar-refractivity contribution is 6.04. The summed E-state index contributed by atoms with van der Waals surface area (Å²) in [6, 6.07) is 75.4. The smallest absolute Gasteiger partial charge is 0.219 e. The van der Waals surface area contributed by atoms with Crippen LogP contribution in [-0.4, -0.2) is 0 Å². The Morgan fingerprint density at radius 1 is 0.255 bits per heavy atom. The SMILES string of the molecule is c1ccc(N(c2ccc3c(c2)-c2ccccc2-c2ccccc2-c2ccccc2-3)c2ccc3c(c2)-c2cccc[n+]2-c2ccccc2-c2ccccc2-3)cc1. The maximum absolute atomic E-state index is 2.41. The van der Waals surface area contributed by atoms with Crippen LogP contribution in [0.4, 0.5) is 17.1 Å². The minimum Gasteiger partial charge on any atom is -0.310 e. The van der Waals surface area contributed by atoms with E-state index in [1.54, 1.807) is 0 Å².